The van der Waals surface area contributed by atoms with E-state index in [4.69, 9.17) is 23.7 Å². The van der Waals surface area contributed by atoms with Gasteiger partial charge in [-0.05, 0) is 31.2 Å². The van der Waals surface area contributed by atoms with Gasteiger partial charge in [-0.3, -0.25) is 0 Å². The fraction of sp³-hybridized carbons (Fsp3) is 0.760. The van der Waals surface area contributed by atoms with Gasteiger partial charge < -0.3 is 23.7 Å². The predicted octanol–water partition coefficient (Wildman–Crippen LogP) is 4.81. The van der Waals surface area contributed by atoms with Gasteiger partial charge in [-0.25, -0.2) is 4.39 Å². The van der Waals surface area contributed by atoms with Crippen LogP contribution < -0.4 is 0 Å². The average Bonchev–Trinajstić information content (AvgIpc) is 3.34. The third-order valence-electron chi connectivity index (χ3n) is 7.84. The zero-order valence-corrected chi connectivity index (χ0v) is 18.0. The molecule has 0 bridgehead atoms. The van der Waals surface area contributed by atoms with Gasteiger partial charge in [-0.1, -0.05) is 43.2 Å². The van der Waals surface area contributed by atoms with E-state index in [1.54, 1.807) is 0 Å². The molecule has 1 aromatic carbocycles. The van der Waals surface area contributed by atoms with Crippen LogP contribution in [0.4, 0.5) is 4.39 Å². The summed E-state index contributed by atoms with van der Waals surface area (Å²) in [5.41, 5.74) is 1.02. The minimum absolute atomic E-state index is 0.342. The molecule has 5 aliphatic rings. The van der Waals surface area contributed by atoms with E-state index in [-0.39, 0.29) is 6.10 Å². The molecule has 31 heavy (non-hydrogen) atoms. The second kappa shape index (κ2) is 8.07. The molecule has 6 heteroatoms. The molecular formula is C25H33FO5. The van der Waals surface area contributed by atoms with Crippen molar-refractivity contribution in [3.8, 4) is 0 Å². The number of fused-ring (bicyclic) bond motifs is 3. The van der Waals surface area contributed by atoms with Crippen LogP contribution in [0.1, 0.15) is 69.8 Å². The number of ether oxygens (including phenoxy) is 5. The first-order valence-electron chi connectivity index (χ1n) is 12.2. The highest BCUT2D eigenvalue weighted by atomic mass is 19.1. The van der Waals surface area contributed by atoms with E-state index >= 15 is 4.39 Å². The molecule has 5 nitrogen and oxygen atoms in total. The molecule has 6 atom stereocenters. The first-order chi connectivity index (χ1) is 15.2. The number of benzene rings is 1. The Morgan fingerprint density at radius 2 is 1.23 bits per heavy atom. The summed E-state index contributed by atoms with van der Waals surface area (Å²) in [5, 5.41) is 0. The van der Waals surface area contributed by atoms with E-state index < -0.39 is 42.2 Å². The van der Waals surface area contributed by atoms with Gasteiger partial charge in [0.25, 0.3) is 0 Å². The van der Waals surface area contributed by atoms with Crippen LogP contribution in [0.5, 0.6) is 0 Å². The molecule has 2 spiro atoms. The lowest BCUT2D eigenvalue weighted by atomic mass is 9.85. The van der Waals surface area contributed by atoms with Crippen molar-refractivity contribution >= 4 is 0 Å². The van der Waals surface area contributed by atoms with E-state index in [0.717, 1.165) is 56.9 Å². The highest BCUT2D eigenvalue weighted by molar-refractivity contribution is 5.15. The maximum absolute atomic E-state index is 16.0. The normalized spacial score (nSPS) is 40.7. The minimum Gasteiger partial charge on any atom is -0.368 e. The largest absolute Gasteiger partial charge is 0.368 e. The lowest BCUT2D eigenvalue weighted by molar-refractivity contribution is -0.224. The lowest BCUT2D eigenvalue weighted by Crippen LogP contribution is -2.60. The van der Waals surface area contributed by atoms with Gasteiger partial charge >= 0.3 is 0 Å². The summed E-state index contributed by atoms with van der Waals surface area (Å²) in [5.74, 6) is -1.29. The second-order valence-electron chi connectivity index (χ2n) is 9.98. The standard InChI is InChI=1S/C25H33FO5/c26-18-19(27-16-17-10-4-1-5-11-17)21-23(31-25(29-21)14-8-3-9-15-25)22-20(18)28-24(30-22)12-6-2-7-13-24/h1,4-5,10-11,18-23H,2-3,6-9,12-16H2/t18-,19-,20+,21+,22-,23+/m0/s1. The van der Waals surface area contributed by atoms with Crippen molar-refractivity contribution in [1.29, 1.82) is 0 Å². The van der Waals surface area contributed by atoms with E-state index in [2.05, 4.69) is 0 Å². The molecule has 0 N–H and O–H groups in total. The second-order valence-corrected chi connectivity index (χ2v) is 9.98. The van der Waals surface area contributed by atoms with E-state index in [0.29, 0.717) is 6.61 Å². The van der Waals surface area contributed by atoms with Crippen LogP contribution in [0.3, 0.4) is 0 Å². The van der Waals surface area contributed by atoms with Crippen LogP contribution in [-0.4, -0.2) is 48.3 Å². The van der Waals surface area contributed by atoms with Crippen molar-refractivity contribution in [3.63, 3.8) is 0 Å². The van der Waals surface area contributed by atoms with Crippen LogP contribution >= 0.6 is 0 Å². The summed E-state index contributed by atoms with van der Waals surface area (Å²) in [6.45, 7) is 0.342. The maximum Gasteiger partial charge on any atom is 0.169 e. The van der Waals surface area contributed by atoms with Crippen molar-refractivity contribution in [2.45, 2.75) is 119 Å². The monoisotopic (exact) mass is 432 g/mol. The molecule has 6 rings (SSSR count). The van der Waals surface area contributed by atoms with Gasteiger partial charge in [0.15, 0.2) is 17.7 Å². The summed E-state index contributed by atoms with van der Waals surface area (Å²) >= 11 is 0. The number of rotatable bonds is 3. The fourth-order valence-electron chi connectivity index (χ4n) is 6.30. The molecule has 3 saturated carbocycles. The number of halogens is 1. The topological polar surface area (TPSA) is 46.2 Å². The average molecular weight is 433 g/mol. The van der Waals surface area contributed by atoms with Crippen LogP contribution in [0.25, 0.3) is 0 Å². The van der Waals surface area contributed by atoms with Crippen molar-refractivity contribution in [2.75, 3.05) is 0 Å². The SMILES string of the molecule is F[C@@H]1[C@H]2OC3(CCCCC3)O[C@@H]2[C@@H]2OC3(CCCCC3)O[C@@H]2[C@H]1OCc1ccccc1. The Bertz CT molecular complexity index is 760. The fourth-order valence-corrected chi connectivity index (χ4v) is 6.30. The Morgan fingerprint density at radius 3 is 1.84 bits per heavy atom. The van der Waals surface area contributed by atoms with E-state index in [1.807, 2.05) is 30.3 Å². The zero-order valence-electron chi connectivity index (χ0n) is 18.0. The van der Waals surface area contributed by atoms with Gasteiger partial charge in [0.1, 0.15) is 30.5 Å². The molecule has 3 aliphatic carbocycles. The summed E-state index contributed by atoms with van der Waals surface area (Å²) < 4.78 is 48.2. The lowest BCUT2D eigenvalue weighted by Gasteiger charge is -2.39. The van der Waals surface area contributed by atoms with Gasteiger partial charge in [0.05, 0.1) is 6.61 Å². The minimum atomic E-state index is -1.31. The molecule has 1 aromatic rings. The Labute approximate surface area is 183 Å². The highest BCUT2D eigenvalue weighted by Crippen LogP contribution is 2.52. The summed E-state index contributed by atoms with van der Waals surface area (Å²) in [6.07, 6.45) is 6.03. The molecular weight excluding hydrogens is 399 g/mol. The van der Waals surface area contributed by atoms with Gasteiger partial charge in [-0.15, -0.1) is 0 Å². The van der Waals surface area contributed by atoms with Crippen LogP contribution in [0, 0.1) is 0 Å². The summed E-state index contributed by atoms with van der Waals surface area (Å²) in [6, 6.07) is 9.90. The molecule has 0 radical (unpaired) electrons. The van der Waals surface area contributed by atoms with Crippen molar-refractivity contribution in [3.05, 3.63) is 35.9 Å². The third kappa shape index (κ3) is 3.65. The Morgan fingerprint density at radius 1 is 0.710 bits per heavy atom. The van der Waals surface area contributed by atoms with Crippen molar-refractivity contribution in [1.82, 2.24) is 0 Å². The van der Waals surface area contributed by atoms with Crippen molar-refractivity contribution in [2.24, 2.45) is 0 Å². The Hall–Kier alpha value is -1.05. The summed E-state index contributed by atoms with van der Waals surface area (Å²) in [4.78, 5) is 0. The van der Waals surface area contributed by atoms with Gasteiger partial charge in [0, 0.05) is 25.7 Å². The number of alkyl halides is 1. The number of hydrogen-bond donors (Lipinski definition) is 0. The molecule has 0 aromatic heterocycles. The van der Waals surface area contributed by atoms with E-state index in [1.165, 1.54) is 12.8 Å². The van der Waals surface area contributed by atoms with Gasteiger partial charge in [-0.2, -0.15) is 0 Å². The Kier molecular flexibility index (Phi) is 5.35. The van der Waals surface area contributed by atoms with E-state index in [9.17, 15) is 0 Å². The van der Waals surface area contributed by atoms with Gasteiger partial charge in [0.2, 0.25) is 0 Å². The molecule has 0 amide bonds. The molecule has 2 aliphatic heterocycles. The number of hydrogen-bond acceptors (Lipinski definition) is 5. The molecule has 2 heterocycles. The maximum atomic E-state index is 16.0. The summed E-state index contributed by atoms with van der Waals surface area (Å²) in [7, 11) is 0. The van der Waals surface area contributed by atoms with Crippen LogP contribution in [0.15, 0.2) is 30.3 Å². The van der Waals surface area contributed by atoms with Crippen LogP contribution in [0.2, 0.25) is 0 Å². The highest BCUT2D eigenvalue weighted by Gasteiger charge is 2.67. The first-order valence-corrected chi connectivity index (χ1v) is 12.2. The van der Waals surface area contributed by atoms with Crippen molar-refractivity contribution < 1.29 is 28.1 Å². The quantitative estimate of drug-likeness (QED) is 0.686. The molecule has 0 unspecified atom stereocenters. The Balaban J connectivity index is 1.28. The molecule has 170 valence electrons. The first kappa shape index (κ1) is 20.5. The van der Waals surface area contributed by atoms with Crippen LogP contribution in [-0.2, 0) is 30.3 Å². The third-order valence-corrected chi connectivity index (χ3v) is 7.84. The predicted molar refractivity (Wildman–Crippen MR) is 111 cm³/mol. The smallest absolute Gasteiger partial charge is 0.169 e. The molecule has 2 saturated heterocycles. The zero-order chi connectivity index (χ0) is 20.9. The molecule has 5 fully saturated rings.